The highest BCUT2D eigenvalue weighted by atomic mass is 32.2. The Morgan fingerprint density at radius 2 is 1.92 bits per heavy atom. The molecule has 208 valence electrons. The van der Waals surface area contributed by atoms with Crippen LogP contribution in [0.1, 0.15) is 38.2 Å². The van der Waals surface area contributed by atoms with Gasteiger partial charge in [-0.05, 0) is 43.4 Å². The van der Waals surface area contributed by atoms with Crippen molar-refractivity contribution < 1.29 is 39.4 Å². The number of nitrogens with one attached hydrogen (secondary N) is 1. The number of sulfonamides is 1. The summed E-state index contributed by atoms with van der Waals surface area (Å²) < 4.78 is 86.0. The summed E-state index contributed by atoms with van der Waals surface area (Å²) in [6.45, 7) is 1.28. The third kappa shape index (κ3) is 7.12. The molecule has 2 aromatic rings. The van der Waals surface area contributed by atoms with Crippen LogP contribution in [0.5, 0.6) is 0 Å². The van der Waals surface area contributed by atoms with E-state index in [4.69, 9.17) is 21.1 Å². The number of rotatable bonds is 11. The number of carbonyl (C=O) groups is 1. The molecule has 0 radical (unpaired) electrons. The third-order valence-corrected chi connectivity index (χ3v) is 8.10. The molecule has 0 unspecified atom stereocenters. The van der Waals surface area contributed by atoms with Crippen molar-refractivity contribution in [2.75, 3.05) is 26.3 Å². The molecular weight excluding hydrogens is 508 g/mol. The van der Waals surface area contributed by atoms with Crippen molar-refractivity contribution in [3.8, 4) is 0 Å². The van der Waals surface area contributed by atoms with E-state index in [2.05, 4.69) is 5.32 Å². The summed E-state index contributed by atoms with van der Waals surface area (Å²) in [6.07, 6.45) is -7.13. The Labute approximate surface area is 232 Å². The number of fused-ring (bicyclic) bond motifs is 1. The molecule has 2 fully saturated rings. The second-order valence-corrected chi connectivity index (χ2v) is 11.7. The molecule has 0 bridgehead atoms. The number of aliphatic hydroxyl groups excluding tert-OH is 1. The molecule has 0 aliphatic carbocycles. The zero-order chi connectivity index (χ0) is 31.8. The lowest BCUT2D eigenvalue weighted by molar-refractivity contribution is -0.0907. The Kier molecular flexibility index (Phi) is 7.39. The molecular formula is C28H38N2O7S. The Hall–Kier alpha value is -2.50. The first-order valence-corrected chi connectivity index (χ1v) is 13.9. The van der Waals surface area contributed by atoms with E-state index in [-0.39, 0.29) is 30.9 Å². The van der Waals surface area contributed by atoms with Crippen LogP contribution in [0.25, 0.3) is 0 Å². The number of benzene rings is 2. The van der Waals surface area contributed by atoms with E-state index in [0.717, 1.165) is 9.87 Å². The van der Waals surface area contributed by atoms with Crippen molar-refractivity contribution >= 4 is 16.1 Å². The second kappa shape index (κ2) is 12.6. The summed E-state index contributed by atoms with van der Waals surface area (Å²) in [5, 5.41) is 13.9. The van der Waals surface area contributed by atoms with Crippen molar-refractivity contribution in [3.63, 3.8) is 0 Å². The van der Waals surface area contributed by atoms with E-state index in [1.165, 1.54) is 26.0 Å². The lowest BCUT2D eigenvalue weighted by Crippen LogP contribution is -2.51. The molecule has 4 rings (SSSR count). The van der Waals surface area contributed by atoms with Gasteiger partial charge in [-0.3, -0.25) is 0 Å². The molecule has 2 aliphatic rings. The molecule has 2 heterocycles. The van der Waals surface area contributed by atoms with Crippen molar-refractivity contribution in [3.05, 3.63) is 65.7 Å². The number of hydrogen-bond donors (Lipinski definition) is 2. The largest absolute Gasteiger partial charge is 0.443 e. The van der Waals surface area contributed by atoms with E-state index < -0.39 is 65.5 Å². The van der Waals surface area contributed by atoms with E-state index in [0.29, 0.717) is 5.56 Å². The number of nitrogens with zero attached hydrogens (tertiary/aromatic N) is 1. The topological polar surface area (TPSA) is 114 Å². The highest BCUT2D eigenvalue weighted by Gasteiger charge is 2.44. The Morgan fingerprint density at radius 1 is 1.21 bits per heavy atom. The summed E-state index contributed by atoms with van der Waals surface area (Å²) in [7, 11) is -4.17. The van der Waals surface area contributed by atoms with Gasteiger partial charge in [0.05, 0.1) is 40.2 Å². The van der Waals surface area contributed by atoms with Gasteiger partial charge in [-0.15, -0.1) is 0 Å². The van der Waals surface area contributed by atoms with E-state index in [1.54, 1.807) is 42.5 Å². The molecule has 38 heavy (non-hydrogen) atoms. The Balaban J connectivity index is 1.60. The summed E-state index contributed by atoms with van der Waals surface area (Å²) in [4.78, 5) is 13.2. The number of aryl methyl sites for hydroxylation is 1. The van der Waals surface area contributed by atoms with Crippen LogP contribution in [0.4, 0.5) is 4.79 Å². The molecule has 2 aromatic carbocycles. The quantitative estimate of drug-likeness (QED) is 0.441. The molecule has 10 heteroatoms. The number of carbonyl (C=O) groups excluding carboxylic acids is 1. The van der Waals surface area contributed by atoms with E-state index in [1.807, 2.05) is 6.92 Å². The second-order valence-electron chi connectivity index (χ2n) is 9.74. The van der Waals surface area contributed by atoms with Crippen LogP contribution < -0.4 is 5.32 Å². The van der Waals surface area contributed by atoms with Crippen molar-refractivity contribution in [2.24, 2.45) is 11.8 Å². The minimum atomic E-state index is -4.17. The van der Waals surface area contributed by atoms with Gasteiger partial charge in [-0.2, -0.15) is 4.31 Å². The normalized spacial score (nSPS) is 30.2. The molecule has 1 amide bonds. The fourth-order valence-electron chi connectivity index (χ4n) is 4.30. The third-order valence-electron chi connectivity index (χ3n) is 6.28. The number of amides is 1. The van der Waals surface area contributed by atoms with Crippen molar-refractivity contribution in [2.45, 2.75) is 63.0 Å². The van der Waals surface area contributed by atoms with E-state index >= 15 is 0 Å². The van der Waals surface area contributed by atoms with Crippen LogP contribution in [0.3, 0.4) is 0 Å². The first kappa shape index (κ1) is 22.3. The monoisotopic (exact) mass is 551 g/mol. The minimum Gasteiger partial charge on any atom is -0.443 e. The van der Waals surface area contributed by atoms with Crippen molar-refractivity contribution in [1.29, 1.82) is 0 Å². The average Bonchev–Trinajstić information content (AvgIpc) is 3.34. The zero-order valence-electron chi connectivity index (χ0n) is 26.7. The molecule has 0 saturated carbocycles. The van der Waals surface area contributed by atoms with Crippen LogP contribution in [-0.4, -0.2) is 74.7 Å². The molecule has 2 aliphatic heterocycles. The van der Waals surface area contributed by atoms with Gasteiger partial charge in [0.1, 0.15) is 6.08 Å². The molecule has 2 saturated heterocycles. The van der Waals surface area contributed by atoms with Crippen LogP contribution in [0.15, 0.2) is 59.5 Å². The molecule has 0 aromatic heterocycles. The first-order chi connectivity index (χ1) is 19.9. The maximum absolute atomic E-state index is 13.7. The fourth-order valence-corrected chi connectivity index (χ4v) is 5.85. The van der Waals surface area contributed by atoms with Gasteiger partial charge in [0, 0.05) is 15.8 Å². The molecule has 2 N–H and O–H groups in total. The molecule has 9 nitrogen and oxygen atoms in total. The maximum atomic E-state index is 13.7. The summed E-state index contributed by atoms with van der Waals surface area (Å²) in [5.41, 5.74) is 1.54. The van der Waals surface area contributed by atoms with Gasteiger partial charge in [0.25, 0.3) is 0 Å². The fraction of sp³-hybridized carbons (Fsp3) is 0.536. The first-order valence-electron chi connectivity index (χ1n) is 15.0. The molecule has 5 atom stereocenters. The number of alkyl carbamates (subject to hydrolysis) is 1. The summed E-state index contributed by atoms with van der Waals surface area (Å²) in [6, 6.07) is 13.8. The lowest BCUT2D eigenvalue weighted by Gasteiger charge is -2.31. The predicted molar refractivity (Wildman–Crippen MR) is 142 cm³/mol. The lowest BCUT2D eigenvalue weighted by atomic mass is 10.0. The van der Waals surface area contributed by atoms with Gasteiger partial charge in [0.15, 0.2) is 6.29 Å². The van der Waals surface area contributed by atoms with Crippen LogP contribution >= 0.6 is 0 Å². The zero-order valence-corrected chi connectivity index (χ0v) is 22.5. The maximum Gasteiger partial charge on any atom is 0.407 e. The van der Waals surface area contributed by atoms with Gasteiger partial charge in [-0.1, -0.05) is 61.9 Å². The number of hydrogen-bond acceptors (Lipinski definition) is 7. The highest BCUT2D eigenvalue weighted by Crippen LogP contribution is 2.33. The average molecular weight is 552 g/mol. The molecule has 0 spiro atoms. The SMILES string of the molecule is [2H]C(C)(C)CN(C[C@@H](O)[C@H](Cc1ccccc1)NC(=O)O[C@@]1([2H])C([2H])([2H])O[C@H]2OCC[C@]21[2H])S(=O)(=O)c1ccc(C)cc1. The minimum absolute atomic E-state index is 0.0167. The van der Waals surface area contributed by atoms with Crippen molar-refractivity contribution in [1.82, 2.24) is 9.62 Å². The standard InChI is InChI=1S/C28H38N2O7S/c1-19(2)16-30(38(33,34)22-11-9-20(3)10-12-22)17-25(31)24(15-21-7-5-4-6-8-21)29-28(32)37-26-18-36-27-23(26)13-14-35-27/h4-12,19,23-27,31H,13-18H2,1-3H3,(H,29,32)/t23-,24-,25+,26-,27+/m0/s1/i18D2,19D,23D,26D. The van der Waals surface area contributed by atoms with Crippen LogP contribution in [-0.2, 0) is 30.7 Å². The van der Waals surface area contributed by atoms with Gasteiger partial charge in [0.2, 0.25) is 10.0 Å². The predicted octanol–water partition coefficient (Wildman–Crippen LogP) is 3.10. The summed E-state index contributed by atoms with van der Waals surface area (Å²) in [5.74, 6) is -3.27. The van der Waals surface area contributed by atoms with Gasteiger partial charge >= 0.3 is 6.09 Å². The summed E-state index contributed by atoms with van der Waals surface area (Å²) >= 11 is 0. The Morgan fingerprint density at radius 3 is 2.61 bits per heavy atom. The van der Waals surface area contributed by atoms with Crippen LogP contribution in [0, 0.1) is 18.7 Å². The number of aliphatic hydroxyl groups is 1. The highest BCUT2D eigenvalue weighted by molar-refractivity contribution is 7.89. The van der Waals surface area contributed by atoms with E-state index in [9.17, 15) is 18.3 Å². The Bertz CT molecular complexity index is 1390. The van der Waals surface area contributed by atoms with Gasteiger partial charge in [-0.25, -0.2) is 13.2 Å². The van der Waals surface area contributed by atoms with Gasteiger partial charge < -0.3 is 24.6 Å². The number of ether oxygens (including phenoxy) is 3. The van der Waals surface area contributed by atoms with Crippen LogP contribution in [0.2, 0.25) is 0 Å². The smallest absolute Gasteiger partial charge is 0.407 e.